The first-order valence-electron chi connectivity index (χ1n) is 6.70. The third kappa shape index (κ3) is 4.00. The Labute approximate surface area is 109 Å². The summed E-state index contributed by atoms with van der Waals surface area (Å²) in [6, 6.07) is 7.87. The monoisotopic (exact) mass is 250 g/mol. The molecule has 0 bridgehead atoms. The number of ether oxygens (including phenoxy) is 2. The molecule has 2 atom stereocenters. The van der Waals surface area contributed by atoms with Crippen molar-refractivity contribution in [3.8, 4) is 5.75 Å². The molecule has 0 radical (unpaired) electrons. The van der Waals surface area contributed by atoms with Gasteiger partial charge in [-0.15, -0.1) is 0 Å². The van der Waals surface area contributed by atoms with Gasteiger partial charge in [-0.25, -0.2) is 0 Å². The molecule has 1 aromatic rings. The van der Waals surface area contributed by atoms with E-state index in [1.807, 2.05) is 24.3 Å². The van der Waals surface area contributed by atoms with Gasteiger partial charge in [0.15, 0.2) is 0 Å². The van der Waals surface area contributed by atoms with E-state index in [2.05, 4.69) is 0 Å². The van der Waals surface area contributed by atoms with Crippen LogP contribution in [-0.4, -0.2) is 31.0 Å². The predicted molar refractivity (Wildman–Crippen MR) is 70.9 cm³/mol. The molecule has 0 aromatic heterocycles. The molecule has 1 fully saturated rings. The lowest BCUT2D eigenvalue weighted by atomic mass is 9.99. The number of aliphatic hydroxyl groups excluding tert-OH is 1. The Morgan fingerprint density at radius 3 is 3.06 bits per heavy atom. The third-order valence-electron chi connectivity index (χ3n) is 3.41. The molecule has 2 unspecified atom stereocenters. The Hall–Kier alpha value is -1.06. The van der Waals surface area contributed by atoms with Crippen molar-refractivity contribution in [1.29, 1.82) is 0 Å². The summed E-state index contributed by atoms with van der Waals surface area (Å²) in [6.45, 7) is 0.844. The van der Waals surface area contributed by atoms with E-state index >= 15 is 0 Å². The number of rotatable bonds is 5. The van der Waals surface area contributed by atoms with Gasteiger partial charge in [0, 0.05) is 6.61 Å². The van der Waals surface area contributed by atoms with Crippen LogP contribution in [0.4, 0.5) is 0 Å². The number of benzene rings is 1. The molecular formula is C15H22O3. The van der Waals surface area contributed by atoms with Crippen LogP contribution >= 0.6 is 0 Å². The van der Waals surface area contributed by atoms with Crippen molar-refractivity contribution in [2.24, 2.45) is 0 Å². The Bertz CT molecular complexity index is 359. The molecule has 0 saturated carbocycles. The molecule has 2 rings (SSSR count). The Kier molecular flexibility index (Phi) is 5.02. The smallest absolute Gasteiger partial charge is 0.119 e. The number of aliphatic hydroxyl groups is 1. The van der Waals surface area contributed by atoms with E-state index in [-0.39, 0.29) is 12.2 Å². The minimum absolute atomic E-state index is 0.236. The number of hydrogen-bond acceptors (Lipinski definition) is 3. The molecule has 1 aliphatic heterocycles. The fraction of sp³-hybridized carbons (Fsp3) is 0.600. The molecule has 1 saturated heterocycles. The standard InChI is InChI=1S/C15H22O3/c1-17-14-7-4-5-12(10-14)9-13(16)11-15-6-2-3-8-18-15/h4-5,7,10,13,15-16H,2-3,6,8-9,11H2,1H3. The average molecular weight is 250 g/mol. The maximum Gasteiger partial charge on any atom is 0.119 e. The van der Waals surface area contributed by atoms with Crippen LogP contribution in [0.3, 0.4) is 0 Å². The molecule has 18 heavy (non-hydrogen) atoms. The maximum atomic E-state index is 10.1. The fourth-order valence-corrected chi connectivity index (χ4v) is 2.45. The minimum Gasteiger partial charge on any atom is -0.497 e. The van der Waals surface area contributed by atoms with Gasteiger partial charge >= 0.3 is 0 Å². The van der Waals surface area contributed by atoms with Crippen molar-refractivity contribution < 1.29 is 14.6 Å². The number of methoxy groups -OCH3 is 1. The molecule has 100 valence electrons. The topological polar surface area (TPSA) is 38.7 Å². The summed E-state index contributed by atoms with van der Waals surface area (Å²) in [4.78, 5) is 0. The highest BCUT2D eigenvalue weighted by Crippen LogP contribution is 2.20. The normalized spacial score (nSPS) is 21.6. The molecule has 3 nitrogen and oxygen atoms in total. The lowest BCUT2D eigenvalue weighted by Gasteiger charge is -2.24. The van der Waals surface area contributed by atoms with Gasteiger partial charge in [-0.1, -0.05) is 12.1 Å². The lowest BCUT2D eigenvalue weighted by Crippen LogP contribution is -2.25. The molecule has 3 heteroatoms. The highest BCUT2D eigenvalue weighted by molar-refractivity contribution is 5.28. The second-order valence-electron chi connectivity index (χ2n) is 4.93. The van der Waals surface area contributed by atoms with Gasteiger partial charge in [0.25, 0.3) is 0 Å². The van der Waals surface area contributed by atoms with Crippen molar-refractivity contribution >= 4 is 0 Å². The summed E-state index contributed by atoms with van der Waals surface area (Å²) in [7, 11) is 1.66. The van der Waals surface area contributed by atoms with Gasteiger partial charge < -0.3 is 14.6 Å². The largest absolute Gasteiger partial charge is 0.497 e. The summed E-state index contributed by atoms with van der Waals surface area (Å²) >= 11 is 0. The van der Waals surface area contributed by atoms with Gasteiger partial charge in [0.2, 0.25) is 0 Å². The van der Waals surface area contributed by atoms with Crippen LogP contribution in [0.2, 0.25) is 0 Å². The van der Waals surface area contributed by atoms with Gasteiger partial charge in [-0.05, 0) is 49.8 Å². The molecule has 0 amide bonds. The van der Waals surface area contributed by atoms with E-state index in [0.29, 0.717) is 6.42 Å². The van der Waals surface area contributed by atoms with Crippen molar-refractivity contribution in [3.05, 3.63) is 29.8 Å². The molecule has 0 spiro atoms. The first-order chi connectivity index (χ1) is 8.78. The first kappa shape index (κ1) is 13.4. The van der Waals surface area contributed by atoms with Crippen LogP contribution in [0.15, 0.2) is 24.3 Å². The number of hydrogen-bond donors (Lipinski definition) is 1. The summed E-state index contributed by atoms with van der Waals surface area (Å²) in [6.07, 6.45) is 4.75. The second kappa shape index (κ2) is 6.76. The van der Waals surface area contributed by atoms with Gasteiger partial charge in [-0.3, -0.25) is 0 Å². The van der Waals surface area contributed by atoms with Crippen LogP contribution in [0.5, 0.6) is 5.75 Å². The second-order valence-corrected chi connectivity index (χ2v) is 4.93. The molecule has 1 aromatic carbocycles. The van der Waals surface area contributed by atoms with Crippen LogP contribution in [0.1, 0.15) is 31.2 Å². The van der Waals surface area contributed by atoms with Crippen molar-refractivity contribution in [3.63, 3.8) is 0 Å². The van der Waals surface area contributed by atoms with Crippen molar-refractivity contribution in [1.82, 2.24) is 0 Å². The van der Waals surface area contributed by atoms with Crippen molar-refractivity contribution in [2.45, 2.75) is 44.3 Å². The summed E-state index contributed by atoms with van der Waals surface area (Å²) in [5.41, 5.74) is 1.11. The third-order valence-corrected chi connectivity index (χ3v) is 3.41. The van der Waals surface area contributed by atoms with E-state index in [4.69, 9.17) is 9.47 Å². The van der Waals surface area contributed by atoms with E-state index in [1.54, 1.807) is 7.11 Å². The molecule has 1 aliphatic rings. The van der Waals surface area contributed by atoms with Crippen molar-refractivity contribution in [2.75, 3.05) is 13.7 Å². The SMILES string of the molecule is COc1cccc(CC(O)CC2CCCCO2)c1. The Balaban J connectivity index is 1.83. The van der Waals surface area contributed by atoms with Gasteiger partial charge in [0.05, 0.1) is 19.3 Å². The maximum absolute atomic E-state index is 10.1. The highest BCUT2D eigenvalue weighted by Gasteiger charge is 2.18. The minimum atomic E-state index is -0.333. The molecular weight excluding hydrogens is 228 g/mol. The Morgan fingerprint density at radius 1 is 1.44 bits per heavy atom. The van der Waals surface area contributed by atoms with Crippen LogP contribution in [-0.2, 0) is 11.2 Å². The van der Waals surface area contributed by atoms with Gasteiger partial charge in [-0.2, -0.15) is 0 Å². The van der Waals surface area contributed by atoms with Crippen LogP contribution in [0, 0.1) is 0 Å². The summed E-state index contributed by atoms with van der Waals surface area (Å²) in [5, 5.41) is 10.1. The molecule has 1 heterocycles. The predicted octanol–water partition coefficient (Wildman–Crippen LogP) is 2.56. The zero-order valence-electron chi connectivity index (χ0n) is 11.0. The highest BCUT2D eigenvalue weighted by atomic mass is 16.5. The van der Waals surface area contributed by atoms with E-state index in [1.165, 1.54) is 6.42 Å². The zero-order chi connectivity index (χ0) is 12.8. The molecule has 0 aliphatic carbocycles. The summed E-state index contributed by atoms with van der Waals surface area (Å²) in [5.74, 6) is 0.841. The lowest BCUT2D eigenvalue weighted by molar-refractivity contribution is -0.0147. The van der Waals surface area contributed by atoms with Crippen LogP contribution in [0.25, 0.3) is 0 Å². The average Bonchev–Trinajstić information content (AvgIpc) is 2.40. The fourth-order valence-electron chi connectivity index (χ4n) is 2.45. The molecule has 1 N–H and O–H groups in total. The summed E-state index contributed by atoms with van der Waals surface area (Å²) < 4.78 is 10.8. The van der Waals surface area contributed by atoms with E-state index in [9.17, 15) is 5.11 Å². The van der Waals surface area contributed by atoms with Crippen LogP contribution < -0.4 is 4.74 Å². The zero-order valence-corrected chi connectivity index (χ0v) is 11.0. The van der Waals surface area contributed by atoms with E-state index in [0.717, 1.165) is 37.2 Å². The Morgan fingerprint density at radius 2 is 2.33 bits per heavy atom. The van der Waals surface area contributed by atoms with E-state index < -0.39 is 0 Å². The first-order valence-corrected chi connectivity index (χ1v) is 6.70. The van der Waals surface area contributed by atoms with Gasteiger partial charge in [0.1, 0.15) is 5.75 Å². The quantitative estimate of drug-likeness (QED) is 0.873.